The molecule has 1 fully saturated rings. The molecular weight excluding hydrogens is 202 g/mol. The number of hydrogen-bond acceptors (Lipinski definition) is 4. The minimum atomic E-state index is 0.218. The van der Waals surface area contributed by atoms with Crippen molar-refractivity contribution in [3.63, 3.8) is 0 Å². The first-order chi connectivity index (χ1) is 7.74. The first-order valence-electron chi connectivity index (χ1n) is 6.49. The fourth-order valence-electron chi connectivity index (χ4n) is 2.57. The lowest BCUT2D eigenvalue weighted by molar-refractivity contribution is 0.183. The Morgan fingerprint density at radius 3 is 2.62 bits per heavy atom. The van der Waals surface area contributed by atoms with Crippen molar-refractivity contribution in [1.82, 2.24) is 15.1 Å². The van der Waals surface area contributed by atoms with Gasteiger partial charge in [0.15, 0.2) is 0 Å². The van der Waals surface area contributed by atoms with Gasteiger partial charge in [-0.05, 0) is 33.1 Å². The van der Waals surface area contributed by atoms with E-state index in [0.717, 1.165) is 26.2 Å². The molecule has 96 valence electrons. The van der Waals surface area contributed by atoms with Crippen LogP contribution in [-0.2, 0) is 0 Å². The van der Waals surface area contributed by atoms with Crippen molar-refractivity contribution >= 4 is 0 Å². The van der Waals surface area contributed by atoms with Gasteiger partial charge in [-0.25, -0.2) is 0 Å². The Kier molecular flexibility index (Phi) is 6.28. The fraction of sp³-hybridized carbons (Fsp3) is 1.00. The molecule has 1 aliphatic rings. The average molecular weight is 229 g/mol. The van der Waals surface area contributed by atoms with Gasteiger partial charge >= 0.3 is 0 Å². The number of rotatable bonds is 7. The summed E-state index contributed by atoms with van der Waals surface area (Å²) >= 11 is 0. The molecule has 1 saturated heterocycles. The summed E-state index contributed by atoms with van der Waals surface area (Å²) in [5, 5.41) is 12.3. The normalized spacial score (nSPS) is 24.2. The molecule has 0 aromatic heterocycles. The molecular formula is C12H27N3O. The van der Waals surface area contributed by atoms with Crippen molar-refractivity contribution in [2.24, 2.45) is 0 Å². The smallest absolute Gasteiger partial charge is 0.0597 e. The maximum Gasteiger partial charge on any atom is 0.0597 e. The summed E-state index contributed by atoms with van der Waals surface area (Å²) in [6.45, 7) is 10.3. The average Bonchev–Trinajstić information content (AvgIpc) is 2.76. The summed E-state index contributed by atoms with van der Waals surface area (Å²) in [7, 11) is 1.92. The zero-order chi connectivity index (χ0) is 12.0. The number of nitrogens with one attached hydrogen (secondary N) is 1. The van der Waals surface area contributed by atoms with E-state index in [1.165, 1.54) is 13.0 Å². The second-order valence-corrected chi connectivity index (χ2v) is 4.59. The molecule has 16 heavy (non-hydrogen) atoms. The van der Waals surface area contributed by atoms with E-state index in [1.807, 2.05) is 7.05 Å². The molecule has 1 aliphatic heterocycles. The van der Waals surface area contributed by atoms with Crippen molar-refractivity contribution in [2.75, 3.05) is 46.4 Å². The van der Waals surface area contributed by atoms with E-state index in [2.05, 4.69) is 29.0 Å². The van der Waals surface area contributed by atoms with Crippen molar-refractivity contribution in [1.29, 1.82) is 0 Å². The van der Waals surface area contributed by atoms with Gasteiger partial charge in [-0.15, -0.1) is 0 Å². The second kappa shape index (κ2) is 7.22. The van der Waals surface area contributed by atoms with Gasteiger partial charge in [0.25, 0.3) is 0 Å². The summed E-state index contributed by atoms with van der Waals surface area (Å²) in [4.78, 5) is 4.99. The highest BCUT2D eigenvalue weighted by atomic mass is 16.3. The lowest BCUT2D eigenvalue weighted by Gasteiger charge is -2.27. The van der Waals surface area contributed by atoms with E-state index in [0.29, 0.717) is 6.04 Å². The standard InChI is InChI=1S/C12H27N3O/c1-4-15(5-2)12-6-7-14(9-12)8-11(10-16)13-3/h11-13,16H,4-10H2,1-3H3. The zero-order valence-electron chi connectivity index (χ0n) is 10.9. The summed E-state index contributed by atoms with van der Waals surface area (Å²) in [5.74, 6) is 0. The lowest BCUT2D eigenvalue weighted by Crippen LogP contribution is -2.43. The molecule has 0 amide bonds. The Labute approximate surface area is 99.6 Å². The van der Waals surface area contributed by atoms with E-state index in [-0.39, 0.29) is 12.6 Å². The van der Waals surface area contributed by atoms with E-state index >= 15 is 0 Å². The Morgan fingerprint density at radius 2 is 2.12 bits per heavy atom. The molecule has 0 bridgehead atoms. The van der Waals surface area contributed by atoms with Crippen LogP contribution in [-0.4, -0.2) is 73.4 Å². The first-order valence-corrected chi connectivity index (χ1v) is 6.49. The van der Waals surface area contributed by atoms with Crippen molar-refractivity contribution < 1.29 is 5.11 Å². The predicted octanol–water partition coefficient (Wildman–Crippen LogP) is -0.0172. The molecule has 2 unspecified atom stereocenters. The van der Waals surface area contributed by atoms with Crippen molar-refractivity contribution in [2.45, 2.75) is 32.4 Å². The van der Waals surface area contributed by atoms with Gasteiger partial charge in [0.2, 0.25) is 0 Å². The number of nitrogens with zero attached hydrogens (tertiary/aromatic N) is 2. The van der Waals surface area contributed by atoms with E-state index < -0.39 is 0 Å². The van der Waals surface area contributed by atoms with Crippen LogP contribution in [0.5, 0.6) is 0 Å². The van der Waals surface area contributed by atoms with Crippen LogP contribution in [0.3, 0.4) is 0 Å². The second-order valence-electron chi connectivity index (χ2n) is 4.59. The summed E-state index contributed by atoms with van der Waals surface area (Å²) in [5.41, 5.74) is 0. The highest BCUT2D eigenvalue weighted by molar-refractivity contribution is 4.84. The summed E-state index contributed by atoms with van der Waals surface area (Å²) in [6, 6.07) is 0.932. The quantitative estimate of drug-likeness (QED) is 0.644. The van der Waals surface area contributed by atoms with Gasteiger partial charge in [0.05, 0.1) is 6.61 Å². The number of aliphatic hydroxyl groups is 1. The van der Waals surface area contributed by atoms with Crippen LogP contribution in [0.15, 0.2) is 0 Å². The molecule has 2 N–H and O–H groups in total. The van der Waals surface area contributed by atoms with Gasteiger partial charge < -0.3 is 15.3 Å². The number of likely N-dealkylation sites (N-methyl/N-ethyl adjacent to an activating group) is 2. The van der Waals surface area contributed by atoms with Crippen LogP contribution < -0.4 is 5.32 Å². The molecule has 1 rings (SSSR count). The minimum Gasteiger partial charge on any atom is -0.395 e. The van der Waals surface area contributed by atoms with Crippen LogP contribution in [0.2, 0.25) is 0 Å². The topological polar surface area (TPSA) is 38.7 Å². The van der Waals surface area contributed by atoms with Crippen LogP contribution in [0.4, 0.5) is 0 Å². The Balaban J connectivity index is 2.34. The van der Waals surface area contributed by atoms with Gasteiger partial charge in [-0.3, -0.25) is 4.90 Å². The molecule has 0 spiro atoms. The van der Waals surface area contributed by atoms with E-state index in [4.69, 9.17) is 5.11 Å². The maximum atomic E-state index is 9.15. The lowest BCUT2D eigenvalue weighted by atomic mass is 10.2. The van der Waals surface area contributed by atoms with Crippen LogP contribution in [0.25, 0.3) is 0 Å². The van der Waals surface area contributed by atoms with E-state index in [1.54, 1.807) is 0 Å². The molecule has 2 atom stereocenters. The van der Waals surface area contributed by atoms with Crippen molar-refractivity contribution in [3.05, 3.63) is 0 Å². The molecule has 0 aromatic carbocycles. The monoisotopic (exact) mass is 229 g/mol. The number of hydrogen-bond donors (Lipinski definition) is 2. The zero-order valence-corrected chi connectivity index (χ0v) is 10.9. The third kappa shape index (κ3) is 3.70. The van der Waals surface area contributed by atoms with Crippen LogP contribution in [0.1, 0.15) is 20.3 Å². The van der Waals surface area contributed by atoms with Crippen molar-refractivity contribution in [3.8, 4) is 0 Å². The Bertz CT molecular complexity index is 181. The fourth-order valence-corrected chi connectivity index (χ4v) is 2.57. The van der Waals surface area contributed by atoms with Crippen LogP contribution in [0, 0.1) is 0 Å². The molecule has 1 heterocycles. The molecule has 0 aliphatic carbocycles. The van der Waals surface area contributed by atoms with Gasteiger partial charge in [-0.2, -0.15) is 0 Å². The molecule has 4 nitrogen and oxygen atoms in total. The van der Waals surface area contributed by atoms with Gasteiger partial charge in [0.1, 0.15) is 0 Å². The molecule has 0 saturated carbocycles. The summed E-state index contributed by atoms with van der Waals surface area (Å²) in [6.07, 6.45) is 1.27. The third-order valence-corrected chi connectivity index (χ3v) is 3.68. The highest BCUT2D eigenvalue weighted by Crippen LogP contribution is 2.15. The summed E-state index contributed by atoms with van der Waals surface area (Å²) < 4.78 is 0. The SMILES string of the molecule is CCN(CC)C1CCN(CC(CO)NC)C1. The number of aliphatic hydroxyl groups excluding tert-OH is 1. The molecule has 0 radical (unpaired) electrons. The van der Waals surface area contributed by atoms with Gasteiger partial charge in [0, 0.05) is 25.2 Å². The first kappa shape index (κ1) is 13.9. The predicted molar refractivity (Wildman–Crippen MR) is 67.7 cm³/mol. The van der Waals surface area contributed by atoms with Gasteiger partial charge in [-0.1, -0.05) is 13.8 Å². The Morgan fingerprint density at radius 1 is 1.44 bits per heavy atom. The molecule has 4 heteroatoms. The maximum absolute atomic E-state index is 9.15. The minimum absolute atomic E-state index is 0.218. The molecule has 0 aromatic rings. The largest absolute Gasteiger partial charge is 0.395 e. The van der Waals surface area contributed by atoms with E-state index in [9.17, 15) is 0 Å². The Hall–Kier alpha value is -0.160. The van der Waals surface area contributed by atoms with Crippen LogP contribution >= 0.6 is 0 Å². The third-order valence-electron chi connectivity index (χ3n) is 3.68. The highest BCUT2D eigenvalue weighted by Gasteiger charge is 2.26. The number of likely N-dealkylation sites (tertiary alicyclic amines) is 1.